The van der Waals surface area contributed by atoms with E-state index in [0.717, 1.165) is 13.0 Å². The Morgan fingerprint density at radius 3 is 3.07 bits per heavy atom. The molecule has 0 radical (unpaired) electrons. The lowest BCUT2D eigenvalue weighted by Gasteiger charge is -2.17. The van der Waals surface area contributed by atoms with Crippen LogP contribution in [0.5, 0.6) is 0 Å². The van der Waals surface area contributed by atoms with Gasteiger partial charge in [0.25, 0.3) is 0 Å². The summed E-state index contributed by atoms with van der Waals surface area (Å²) in [6.45, 7) is 3.03. The maximum atomic E-state index is 9.09. The first-order valence-corrected chi connectivity index (χ1v) is 5.49. The average molecular weight is 206 g/mol. The average Bonchev–Trinajstić information content (AvgIpc) is 2.70. The Bertz CT molecular complexity index is 351. The number of fused-ring (bicyclic) bond motifs is 1. The van der Waals surface area contributed by atoms with Crippen molar-refractivity contribution >= 4 is 5.69 Å². The van der Waals surface area contributed by atoms with Crippen molar-refractivity contribution in [2.24, 2.45) is 5.73 Å². The number of aryl methyl sites for hydroxylation is 1. The lowest BCUT2D eigenvalue weighted by molar-refractivity contribution is 0.252. The van der Waals surface area contributed by atoms with Crippen molar-refractivity contribution in [2.45, 2.75) is 25.3 Å². The lowest BCUT2D eigenvalue weighted by Crippen LogP contribution is -2.33. The Kier molecular flexibility index (Phi) is 2.93. The Morgan fingerprint density at radius 1 is 1.60 bits per heavy atom. The minimum Gasteiger partial charge on any atom is -0.395 e. The molecule has 1 aliphatic rings. The van der Waals surface area contributed by atoms with Crippen molar-refractivity contribution < 1.29 is 5.11 Å². The molecule has 0 saturated carbocycles. The van der Waals surface area contributed by atoms with Gasteiger partial charge in [-0.3, -0.25) is 0 Å². The Morgan fingerprint density at radius 2 is 2.40 bits per heavy atom. The number of hydrogen-bond acceptors (Lipinski definition) is 3. The zero-order valence-electron chi connectivity index (χ0n) is 9.03. The second-order valence-electron chi connectivity index (χ2n) is 4.11. The Balaban J connectivity index is 2.31. The van der Waals surface area contributed by atoms with Gasteiger partial charge in [-0.1, -0.05) is 19.1 Å². The van der Waals surface area contributed by atoms with Gasteiger partial charge in [0.05, 0.1) is 6.61 Å². The molecule has 1 aromatic rings. The molecule has 15 heavy (non-hydrogen) atoms. The van der Waals surface area contributed by atoms with E-state index in [4.69, 9.17) is 10.8 Å². The molecular weight excluding hydrogens is 188 g/mol. The number of hydrogen-bond donors (Lipinski definition) is 3. The third-order valence-electron chi connectivity index (χ3n) is 3.16. The van der Waals surface area contributed by atoms with E-state index in [1.165, 1.54) is 16.8 Å². The minimum atomic E-state index is -0.161. The highest BCUT2D eigenvalue weighted by Gasteiger charge is 2.27. The van der Waals surface area contributed by atoms with E-state index in [1.54, 1.807) is 0 Å². The summed E-state index contributed by atoms with van der Waals surface area (Å²) in [5, 5.41) is 12.4. The first-order chi connectivity index (χ1) is 7.26. The highest BCUT2D eigenvalue weighted by atomic mass is 16.3. The summed E-state index contributed by atoms with van der Waals surface area (Å²) in [6, 6.07) is 6.29. The third kappa shape index (κ3) is 1.85. The molecule has 0 bridgehead atoms. The van der Waals surface area contributed by atoms with Crippen molar-refractivity contribution in [1.29, 1.82) is 0 Å². The van der Waals surface area contributed by atoms with Crippen LogP contribution in [0.1, 0.15) is 24.0 Å². The van der Waals surface area contributed by atoms with Gasteiger partial charge in [0.1, 0.15) is 0 Å². The van der Waals surface area contributed by atoms with E-state index in [2.05, 4.69) is 30.4 Å². The number of aliphatic hydroxyl groups is 1. The number of anilines is 1. The molecule has 0 amide bonds. The quantitative estimate of drug-likeness (QED) is 0.693. The van der Waals surface area contributed by atoms with Crippen LogP contribution < -0.4 is 11.1 Å². The molecule has 0 fully saturated rings. The molecule has 1 aromatic carbocycles. The summed E-state index contributed by atoms with van der Waals surface area (Å²) in [5.41, 5.74) is 9.65. The number of rotatable bonds is 3. The van der Waals surface area contributed by atoms with E-state index in [0.29, 0.717) is 0 Å². The molecule has 0 saturated heterocycles. The molecule has 2 unspecified atom stereocenters. The SMILES string of the molecule is CCc1ccc2c(c1)C(C(N)CO)CN2. The van der Waals surface area contributed by atoms with Gasteiger partial charge in [-0.2, -0.15) is 0 Å². The molecule has 82 valence electrons. The predicted octanol–water partition coefficient (Wildman–Crippen LogP) is 1.08. The van der Waals surface area contributed by atoms with Gasteiger partial charge >= 0.3 is 0 Å². The molecule has 3 heteroatoms. The largest absolute Gasteiger partial charge is 0.395 e. The highest BCUT2D eigenvalue weighted by Crippen LogP contribution is 2.33. The molecule has 1 aliphatic heterocycles. The predicted molar refractivity (Wildman–Crippen MR) is 62.1 cm³/mol. The van der Waals surface area contributed by atoms with Gasteiger partial charge in [-0.15, -0.1) is 0 Å². The second kappa shape index (κ2) is 4.21. The molecule has 2 rings (SSSR count). The van der Waals surface area contributed by atoms with E-state index in [-0.39, 0.29) is 18.6 Å². The fourth-order valence-corrected chi connectivity index (χ4v) is 2.14. The molecule has 3 nitrogen and oxygen atoms in total. The van der Waals surface area contributed by atoms with Crippen LogP contribution in [0.15, 0.2) is 18.2 Å². The zero-order chi connectivity index (χ0) is 10.8. The summed E-state index contributed by atoms with van der Waals surface area (Å²) in [7, 11) is 0. The van der Waals surface area contributed by atoms with E-state index < -0.39 is 0 Å². The molecule has 0 aromatic heterocycles. The fourth-order valence-electron chi connectivity index (χ4n) is 2.14. The minimum absolute atomic E-state index is 0.0438. The number of aliphatic hydroxyl groups excluding tert-OH is 1. The molecule has 0 spiro atoms. The summed E-state index contributed by atoms with van der Waals surface area (Å²) < 4.78 is 0. The standard InChI is InChI=1S/C12H18N2O/c1-2-8-3-4-12-9(5-8)10(6-14-12)11(13)7-15/h3-5,10-11,14-15H,2,6-7,13H2,1H3. The second-order valence-corrected chi connectivity index (χ2v) is 4.11. The van der Waals surface area contributed by atoms with Gasteiger partial charge in [-0.25, -0.2) is 0 Å². The van der Waals surface area contributed by atoms with Crippen LogP contribution in [0.3, 0.4) is 0 Å². The van der Waals surface area contributed by atoms with Crippen LogP contribution in [0.25, 0.3) is 0 Å². The fraction of sp³-hybridized carbons (Fsp3) is 0.500. The van der Waals surface area contributed by atoms with Crippen LogP contribution in [-0.2, 0) is 6.42 Å². The normalized spacial score (nSPS) is 20.9. The van der Waals surface area contributed by atoms with E-state index in [1.807, 2.05) is 0 Å². The van der Waals surface area contributed by atoms with Gasteiger partial charge in [-0.05, 0) is 23.6 Å². The topological polar surface area (TPSA) is 58.3 Å². The highest BCUT2D eigenvalue weighted by molar-refractivity contribution is 5.59. The first-order valence-electron chi connectivity index (χ1n) is 5.49. The van der Waals surface area contributed by atoms with Crippen molar-refractivity contribution in [3.05, 3.63) is 29.3 Å². The van der Waals surface area contributed by atoms with Crippen LogP contribution in [-0.4, -0.2) is 24.3 Å². The number of nitrogens with one attached hydrogen (secondary N) is 1. The Hall–Kier alpha value is -1.06. The van der Waals surface area contributed by atoms with Gasteiger partial charge in [0.15, 0.2) is 0 Å². The van der Waals surface area contributed by atoms with Gasteiger partial charge < -0.3 is 16.2 Å². The maximum Gasteiger partial charge on any atom is 0.0589 e. The molecule has 0 aliphatic carbocycles. The summed E-state index contributed by atoms with van der Waals surface area (Å²) in [6.07, 6.45) is 1.04. The van der Waals surface area contributed by atoms with E-state index in [9.17, 15) is 0 Å². The third-order valence-corrected chi connectivity index (χ3v) is 3.16. The van der Waals surface area contributed by atoms with Gasteiger partial charge in [0.2, 0.25) is 0 Å². The van der Waals surface area contributed by atoms with Gasteiger partial charge in [0, 0.05) is 24.2 Å². The summed E-state index contributed by atoms with van der Waals surface area (Å²) >= 11 is 0. The molecular formula is C12H18N2O. The van der Waals surface area contributed by atoms with E-state index >= 15 is 0 Å². The Labute approximate surface area is 90.3 Å². The number of benzene rings is 1. The first kappa shape index (κ1) is 10.5. The van der Waals surface area contributed by atoms with Crippen LogP contribution in [0, 0.1) is 0 Å². The summed E-state index contributed by atoms with van der Waals surface area (Å²) in [5.74, 6) is 0.247. The zero-order valence-corrected chi connectivity index (χ0v) is 9.03. The maximum absolute atomic E-state index is 9.09. The molecule has 1 heterocycles. The number of nitrogens with two attached hydrogens (primary N) is 1. The van der Waals surface area contributed by atoms with Crippen LogP contribution in [0.4, 0.5) is 5.69 Å². The molecule has 2 atom stereocenters. The monoisotopic (exact) mass is 206 g/mol. The summed E-state index contributed by atoms with van der Waals surface area (Å²) in [4.78, 5) is 0. The lowest BCUT2D eigenvalue weighted by atomic mass is 9.93. The molecule has 4 N–H and O–H groups in total. The van der Waals surface area contributed by atoms with Crippen molar-refractivity contribution in [3.63, 3.8) is 0 Å². The van der Waals surface area contributed by atoms with Crippen molar-refractivity contribution in [2.75, 3.05) is 18.5 Å². The van der Waals surface area contributed by atoms with Crippen LogP contribution >= 0.6 is 0 Å². The van der Waals surface area contributed by atoms with Crippen molar-refractivity contribution in [1.82, 2.24) is 0 Å². The smallest absolute Gasteiger partial charge is 0.0589 e. The van der Waals surface area contributed by atoms with Crippen molar-refractivity contribution in [3.8, 4) is 0 Å². The van der Waals surface area contributed by atoms with Crippen LogP contribution in [0.2, 0.25) is 0 Å².